The van der Waals surface area contributed by atoms with Crippen molar-refractivity contribution in [3.63, 3.8) is 0 Å². The molecule has 0 bridgehead atoms. The zero-order chi connectivity index (χ0) is 15.0. The molecule has 0 amide bonds. The summed E-state index contributed by atoms with van der Waals surface area (Å²) < 4.78 is 2.11. The Morgan fingerprint density at radius 1 is 1.35 bits per heavy atom. The smallest absolute Gasteiger partial charge is 0.0762 e. The maximum atomic E-state index is 5.76. The van der Waals surface area contributed by atoms with Crippen LogP contribution in [0.3, 0.4) is 0 Å². The minimum Gasteiger partial charge on any atom is -0.311 e. The van der Waals surface area contributed by atoms with Crippen LogP contribution in [0.25, 0.3) is 0 Å². The third-order valence-corrected chi connectivity index (χ3v) is 4.14. The van der Waals surface area contributed by atoms with Crippen LogP contribution in [0.5, 0.6) is 0 Å². The van der Waals surface area contributed by atoms with E-state index in [1.807, 2.05) is 0 Å². The van der Waals surface area contributed by atoms with Crippen LogP contribution in [0.2, 0.25) is 0 Å². The molecule has 1 N–H and O–H groups in total. The molecular formula is C16H30ClN3. The van der Waals surface area contributed by atoms with E-state index in [9.17, 15) is 0 Å². The summed E-state index contributed by atoms with van der Waals surface area (Å²) in [5.41, 5.74) is 1.43. The maximum absolute atomic E-state index is 5.76. The lowest BCUT2D eigenvalue weighted by Crippen LogP contribution is -2.29. The molecule has 0 aromatic carbocycles. The van der Waals surface area contributed by atoms with Crippen molar-refractivity contribution in [2.24, 2.45) is 5.41 Å². The molecule has 0 unspecified atom stereocenters. The number of aromatic nitrogens is 2. The van der Waals surface area contributed by atoms with Crippen molar-refractivity contribution in [3.8, 4) is 0 Å². The summed E-state index contributed by atoms with van der Waals surface area (Å²) in [5, 5.41) is 8.19. The minimum absolute atomic E-state index is 0.298. The van der Waals surface area contributed by atoms with Gasteiger partial charge in [-0.3, -0.25) is 4.68 Å². The van der Waals surface area contributed by atoms with E-state index in [1.165, 1.54) is 0 Å². The summed E-state index contributed by atoms with van der Waals surface area (Å²) in [7, 11) is 0. The fourth-order valence-corrected chi connectivity index (χ4v) is 2.63. The molecular weight excluding hydrogens is 270 g/mol. The van der Waals surface area contributed by atoms with E-state index in [2.05, 4.69) is 55.1 Å². The van der Waals surface area contributed by atoms with Crippen molar-refractivity contribution in [1.29, 1.82) is 0 Å². The van der Waals surface area contributed by atoms with Gasteiger partial charge in [0, 0.05) is 25.2 Å². The summed E-state index contributed by atoms with van der Waals surface area (Å²) in [6, 6.07) is 2.65. The SMILES string of the molecule is CCC(CC)n1ccc(CNCC(C)(C)CCCCl)n1. The predicted molar refractivity (Wildman–Crippen MR) is 87.3 cm³/mol. The molecule has 20 heavy (non-hydrogen) atoms. The van der Waals surface area contributed by atoms with E-state index >= 15 is 0 Å². The van der Waals surface area contributed by atoms with Crippen LogP contribution in [-0.4, -0.2) is 22.2 Å². The van der Waals surface area contributed by atoms with Crippen LogP contribution in [-0.2, 0) is 6.54 Å². The molecule has 1 aromatic heterocycles. The first kappa shape index (κ1) is 17.5. The molecule has 0 radical (unpaired) electrons. The molecule has 0 spiro atoms. The number of alkyl halides is 1. The number of hydrogen-bond donors (Lipinski definition) is 1. The molecule has 0 aliphatic heterocycles. The van der Waals surface area contributed by atoms with Gasteiger partial charge in [0.15, 0.2) is 0 Å². The molecule has 0 fully saturated rings. The Kier molecular flexibility index (Phi) is 7.60. The highest BCUT2D eigenvalue weighted by molar-refractivity contribution is 6.17. The van der Waals surface area contributed by atoms with E-state index in [0.717, 1.165) is 50.3 Å². The average molecular weight is 300 g/mol. The van der Waals surface area contributed by atoms with Crippen molar-refractivity contribution in [1.82, 2.24) is 15.1 Å². The lowest BCUT2D eigenvalue weighted by molar-refractivity contribution is 0.310. The normalized spacial score (nSPS) is 12.3. The molecule has 1 rings (SSSR count). The predicted octanol–water partition coefficient (Wildman–Crippen LogP) is 4.38. The first-order valence-electron chi connectivity index (χ1n) is 7.83. The van der Waals surface area contributed by atoms with Gasteiger partial charge in [-0.15, -0.1) is 11.6 Å². The number of halogens is 1. The van der Waals surface area contributed by atoms with E-state index in [0.29, 0.717) is 11.5 Å². The van der Waals surface area contributed by atoms with Gasteiger partial charge >= 0.3 is 0 Å². The van der Waals surface area contributed by atoms with Crippen molar-refractivity contribution in [2.45, 2.75) is 66.0 Å². The summed E-state index contributed by atoms with van der Waals surface area (Å²) in [4.78, 5) is 0. The van der Waals surface area contributed by atoms with E-state index in [-0.39, 0.29) is 0 Å². The largest absolute Gasteiger partial charge is 0.311 e. The maximum Gasteiger partial charge on any atom is 0.0762 e. The van der Waals surface area contributed by atoms with Gasteiger partial charge < -0.3 is 5.32 Å². The zero-order valence-electron chi connectivity index (χ0n) is 13.5. The van der Waals surface area contributed by atoms with E-state index < -0.39 is 0 Å². The van der Waals surface area contributed by atoms with Gasteiger partial charge in [-0.25, -0.2) is 0 Å². The molecule has 1 aromatic rings. The number of rotatable bonds is 10. The number of hydrogen-bond acceptors (Lipinski definition) is 2. The Morgan fingerprint density at radius 2 is 2.05 bits per heavy atom. The molecule has 3 nitrogen and oxygen atoms in total. The second kappa shape index (κ2) is 8.68. The fraction of sp³-hybridized carbons (Fsp3) is 0.812. The Morgan fingerprint density at radius 3 is 2.65 bits per heavy atom. The third-order valence-electron chi connectivity index (χ3n) is 3.88. The van der Waals surface area contributed by atoms with Gasteiger partial charge in [0.2, 0.25) is 0 Å². The zero-order valence-corrected chi connectivity index (χ0v) is 14.2. The average Bonchev–Trinajstić information content (AvgIpc) is 2.86. The Labute approximate surface area is 129 Å². The van der Waals surface area contributed by atoms with Gasteiger partial charge in [-0.1, -0.05) is 27.7 Å². The third kappa shape index (κ3) is 5.84. The molecule has 116 valence electrons. The van der Waals surface area contributed by atoms with E-state index in [4.69, 9.17) is 11.6 Å². The molecule has 0 atom stereocenters. The van der Waals surface area contributed by atoms with Gasteiger partial charge in [0.25, 0.3) is 0 Å². The van der Waals surface area contributed by atoms with Crippen molar-refractivity contribution >= 4 is 11.6 Å². The van der Waals surface area contributed by atoms with Crippen LogP contribution in [0.1, 0.15) is 65.1 Å². The highest BCUT2D eigenvalue weighted by atomic mass is 35.5. The summed E-state index contributed by atoms with van der Waals surface area (Å²) in [6.07, 6.45) is 6.62. The molecule has 1 heterocycles. The van der Waals surface area contributed by atoms with Gasteiger partial charge in [0.1, 0.15) is 0 Å². The first-order valence-corrected chi connectivity index (χ1v) is 8.36. The Balaban J connectivity index is 2.39. The summed E-state index contributed by atoms with van der Waals surface area (Å²) in [5.74, 6) is 0.753. The highest BCUT2D eigenvalue weighted by Crippen LogP contribution is 2.21. The van der Waals surface area contributed by atoms with Crippen LogP contribution in [0, 0.1) is 5.41 Å². The summed E-state index contributed by atoms with van der Waals surface area (Å²) in [6.45, 7) is 10.9. The van der Waals surface area contributed by atoms with Crippen LogP contribution >= 0.6 is 11.6 Å². The molecule has 4 heteroatoms. The van der Waals surface area contributed by atoms with Crippen molar-refractivity contribution in [3.05, 3.63) is 18.0 Å². The quantitative estimate of drug-likeness (QED) is 0.650. The number of nitrogens with one attached hydrogen (secondary N) is 1. The van der Waals surface area contributed by atoms with Gasteiger partial charge in [-0.2, -0.15) is 5.10 Å². The topological polar surface area (TPSA) is 29.9 Å². The minimum atomic E-state index is 0.298. The second-order valence-electron chi connectivity index (χ2n) is 6.32. The lowest BCUT2D eigenvalue weighted by atomic mass is 9.88. The van der Waals surface area contributed by atoms with Crippen LogP contribution in [0.15, 0.2) is 12.3 Å². The second-order valence-corrected chi connectivity index (χ2v) is 6.70. The monoisotopic (exact) mass is 299 g/mol. The first-order chi connectivity index (χ1) is 9.52. The molecule has 0 saturated carbocycles. The van der Waals surface area contributed by atoms with Crippen molar-refractivity contribution < 1.29 is 0 Å². The summed E-state index contributed by atoms with van der Waals surface area (Å²) >= 11 is 5.76. The highest BCUT2D eigenvalue weighted by Gasteiger charge is 2.16. The van der Waals surface area contributed by atoms with Crippen molar-refractivity contribution in [2.75, 3.05) is 12.4 Å². The Hall–Kier alpha value is -0.540. The van der Waals surface area contributed by atoms with Gasteiger partial charge in [-0.05, 0) is 37.2 Å². The van der Waals surface area contributed by atoms with Crippen LogP contribution in [0.4, 0.5) is 0 Å². The molecule has 0 aliphatic rings. The number of nitrogens with zero attached hydrogens (tertiary/aromatic N) is 2. The van der Waals surface area contributed by atoms with E-state index in [1.54, 1.807) is 0 Å². The van der Waals surface area contributed by atoms with Crippen LogP contribution < -0.4 is 5.32 Å². The standard InChI is InChI=1S/C16H30ClN3/c1-5-15(6-2)20-11-8-14(19-20)12-18-13-16(3,4)9-7-10-17/h8,11,15,18H,5-7,9-10,12-13H2,1-4H3. The van der Waals surface area contributed by atoms with Gasteiger partial charge in [0.05, 0.1) is 11.7 Å². The lowest BCUT2D eigenvalue weighted by Gasteiger charge is -2.24. The molecule has 0 saturated heterocycles. The fourth-order valence-electron chi connectivity index (χ4n) is 2.50. The molecule has 0 aliphatic carbocycles. The Bertz CT molecular complexity index is 370.